The molecule has 4 nitrogen and oxygen atoms in total. The zero-order valence-electron chi connectivity index (χ0n) is 14.2. The van der Waals surface area contributed by atoms with Crippen LogP contribution in [-0.4, -0.2) is 21.7 Å². The second kappa shape index (κ2) is 7.41. The number of nitrogens with one attached hydrogen (secondary N) is 1. The maximum atomic E-state index is 11.7. The first-order valence-corrected chi connectivity index (χ1v) is 8.21. The maximum Gasteiger partial charge on any atom is 0.321 e. The van der Waals surface area contributed by atoms with Gasteiger partial charge in [-0.05, 0) is 29.5 Å². The summed E-state index contributed by atoms with van der Waals surface area (Å²) >= 11 is 0. The molecule has 0 saturated carbocycles. The molecule has 1 aromatic carbocycles. The van der Waals surface area contributed by atoms with Gasteiger partial charge in [0.2, 0.25) is 0 Å². The fourth-order valence-electron chi connectivity index (χ4n) is 3.64. The number of aliphatic carboxylic acids is 1. The Kier molecular flexibility index (Phi) is 5.73. The molecule has 2 N–H and O–H groups in total. The molecule has 5 heteroatoms. The monoisotopic (exact) mass is 348 g/mol. The number of nitrogens with zero attached hydrogens (tertiary/aromatic N) is 1. The number of carboxylic acid groups (broad SMARTS) is 1. The van der Waals surface area contributed by atoms with Crippen molar-refractivity contribution in [2.24, 2.45) is 5.92 Å². The predicted molar refractivity (Wildman–Crippen MR) is 99.8 cm³/mol. The molecule has 2 aromatic rings. The molecular formula is C19H25ClN2O2. The summed E-state index contributed by atoms with van der Waals surface area (Å²) in [5.41, 5.74) is 3.50. The molecular weight excluding hydrogens is 324 g/mol. The summed E-state index contributed by atoms with van der Waals surface area (Å²) in [5.74, 6) is -0.287. The molecule has 2 atom stereocenters. The Balaban J connectivity index is 0.00000208. The van der Waals surface area contributed by atoms with Gasteiger partial charge in [0, 0.05) is 36.1 Å². The van der Waals surface area contributed by atoms with Gasteiger partial charge in [-0.2, -0.15) is 0 Å². The maximum absolute atomic E-state index is 11.7. The molecule has 3 rings (SSSR count). The first kappa shape index (κ1) is 18.6. The van der Waals surface area contributed by atoms with Gasteiger partial charge >= 0.3 is 5.97 Å². The second-order valence-corrected chi connectivity index (χ2v) is 6.78. The lowest BCUT2D eigenvalue weighted by Gasteiger charge is -2.23. The van der Waals surface area contributed by atoms with Crippen molar-refractivity contribution in [1.29, 1.82) is 0 Å². The molecule has 2 heterocycles. The summed E-state index contributed by atoms with van der Waals surface area (Å²) in [6, 6.07) is 5.83. The summed E-state index contributed by atoms with van der Waals surface area (Å²) in [6.07, 6.45) is 5.40. The molecule has 0 amide bonds. The Hall–Kier alpha value is -1.78. The molecule has 130 valence electrons. The Morgan fingerprint density at radius 1 is 1.50 bits per heavy atom. The van der Waals surface area contributed by atoms with Gasteiger partial charge in [-0.25, -0.2) is 0 Å². The molecule has 0 unspecified atom stereocenters. The summed E-state index contributed by atoms with van der Waals surface area (Å²) < 4.78 is 2.16. The topological polar surface area (TPSA) is 54.3 Å². The quantitative estimate of drug-likeness (QED) is 0.805. The van der Waals surface area contributed by atoms with E-state index in [1.807, 2.05) is 6.08 Å². The first-order valence-electron chi connectivity index (χ1n) is 8.21. The smallest absolute Gasteiger partial charge is 0.321 e. The van der Waals surface area contributed by atoms with E-state index in [9.17, 15) is 9.90 Å². The highest BCUT2D eigenvalue weighted by molar-refractivity contribution is 5.89. The van der Waals surface area contributed by atoms with Crippen LogP contribution < -0.4 is 5.32 Å². The summed E-state index contributed by atoms with van der Waals surface area (Å²) in [7, 11) is 0. The van der Waals surface area contributed by atoms with E-state index in [-0.39, 0.29) is 18.4 Å². The molecule has 0 spiro atoms. The Morgan fingerprint density at radius 2 is 2.25 bits per heavy atom. The van der Waals surface area contributed by atoms with Gasteiger partial charge < -0.3 is 9.67 Å². The minimum Gasteiger partial charge on any atom is -0.480 e. The van der Waals surface area contributed by atoms with Crippen molar-refractivity contribution in [2.75, 3.05) is 0 Å². The third kappa shape index (κ3) is 3.35. The molecule has 0 bridgehead atoms. The van der Waals surface area contributed by atoms with E-state index in [0.29, 0.717) is 12.3 Å². The van der Waals surface area contributed by atoms with Crippen LogP contribution in [0.2, 0.25) is 0 Å². The molecule has 0 fully saturated rings. The number of halogens is 1. The van der Waals surface area contributed by atoms with Gasteiger partial charge in [-0.3, -0.25) is 10.1 Å². The average molecular weight is 349 g/mol. The number of benzene rings is 1. The van der Waals surface area contributed by atoms with Crippen molar-refractivity contribution in [1.82, 2.24) is 9.88 Å². The number of hydrogen-bond acceptors (Lipinski definition) is 2. The zero-order valence-corrected chi connectivity index (χ0v) is 15.0. The molecule has 1 aliphatic heterocycles. The van der Waals surface area contributed by atoms with Crippen molar-refractivity contribution in [2.45, 2.75) is 45.3 Å². The van der Waals surface area contributed by atoms with Crippen molar-refractivity contribution >= 4 is 29.3 Å². The van der Waals surface area contributed by atoms with Crippen molar-refractivity contribution in [3.8, 4) is 0 Å². The number of aromatic nitrogens is 1. The molecule has 1 aromatic heterocycles. The van der Waals surface area contributed by atoms with E-state index in [2.05, 4.69) is 54.7 Å². The normalized spacial score (nSPS) is 19.8. The summed E-state index contributed by atoms with van der Waals surface area (Å²) in [6.45, 7) is 8.91. The van der Waals surface area contributed by atoms with Gasteiger partial charge in [0.15, 0.2) is 0 Å². The van der Waals surface area contributed by atoms with Crippen LogP contribution in [0.25, 0.3) is 10.9 Å². The SMILES string of the molecule is C=CCn1cc2c3c(cccc31)[C@H](CC(C)C)N[C@H](C(=O)O)C2.Cl. The van der Waals surface area contributed by atoms with Crippen molar-refractivity contribution < 1.29 is 9.90 Å². The number of rotatable bonds is 5. The van der Waals surface area contributed by atoms with Crippen LogP contribution in [0.3, 0.4) is 0 Å². The van der Waals surface area contributed by atoms with Gasteiger partial charge in [0.05, 0.1) is 0 Å². The van der Waals surface area contributed by atoms with E-state index >= 15 is 0 Å². The lowest BCUT2D eigenvalue weighted by molar-refractivity contribution is -0.139. The third-order valence-electron chi connectivity index (χ3n) is 4.55. The Labute approximate surface area is 149 Å². The van der Waals surface area contributed by atoms with Crippen LogP contribution in [-0.2, 0) is 17.8 Å². The summed E-state index contributed by atoms with van der Waals surface area (Å²) in [5, 5.41) is 14.2. The van der Waals surface area contributed by atoms with Gasteiger partial charge in [0.1, 0.15) is 6.04 Å². The standard InChI is InChI=1S/C19H24N2O2.ClH/c1-4-8-21-11-13-10-16(19(22)23)20-15(9-12(2)3)14-6-5-7-17(21)18(13)14;/h4-7,11-12,15-16,20H,1,8-10H2,2-3H3,(H,22,23);1H/t15-,16-;/m0./s1. The predicted octanol–water partition coefficient (Wildman–Crippen LogP) is 3.94. The molecule has 0 radical (unpaired) electrons. The van der Waals surface area contributed by atoms with Crippen LogP contribution in [0.1, 0.15) is 37.4 Å². The summed E-state index contributed by atoms with van der Waals surface area (Å²) in [4.78, 5) is 11.7. The van der Waals surface area contributed by atoms with Gasteiger partial charge in [0.25, 0.3) is 0 Å². The molecule has 0 aliphatic carbocycles. The van der Waals surface area contributed by atoms with E-state index in [4.69, 9.17) is 0 Å². The van der Waals surface area contributed by atoms with Crippen LogP contribution >= 0.6 is 12.4 Å². The fraction of sp³-hybridized carbons (Fsp3) is 0.421. The number of carbonyl (C=O) groups is 1. The number of allylic oxidation sites excluding steroid dienone is 1. The van der Waals surface area contributed by atoms with Crippen LogP contribution in [0.15, 0.2) is 37.1 Å². The van der Waals surface area contributed by atoms with Crippen molar-refractivity contribution in [3.63, 3.8) is 0 Å². The molecule has 1 aliphatic rings. The average Bonchev–Trinajstić information content (AvgIpc) is 2.75. The largest absolute Gasteiger partial charge is 0.480 e. The number of hydrogen-bond donors (Lipinski definition) is 2. The van der Waals surface area contributed by atoms with Crippen molar-refractivity contribution in [3.05, 3.63) is 48.2 Å². The van der Waals surface area contributed by atoms with Crippen LogP contribution in [0.4, 0.5) is 0 Å². The van der Waals surface area contributed by atoms with E-state index in [0.717, 1.165) is 18.5 Å². The highest BCUT2D eigenvalue weighted by Crippen LogP contribution is 2.35. The Morgan fingerprint density at radius 3 is 2.88 bits per heavy atom. The highest BCUT2D eigenvalue weighted by Gasteiger charge is 2.30. The lowest BCUT2D eigenvalue weighted by atomic mass is 9.94. The fourth-order valence-corrected chi connectivity index (χ4v) is 3.64. The molecule has 24 heavy (non-hydrogen) atoms. The lowest BCUT2D eigenvalue weighted by Crippen LogP contribution is -2.40. The minimum absolute atomic E-state index is 0. The van der Waals surface area contributed by atoms with Gasteiger partial charge in [-0.1, -0.05) is 32.1 Å². The second-order valence-electron chi connectivity index (χ2n) is 6.78. The van der Waals surface area contributed by atoms with E-state index in [1.165, 1.54) is 16.5 Å². The zero-order chi connectivity index (χ0) is 16.6. The third-order valence-corrected chi connectivity index (χ3v) is 4.55. The molecule has 0 saturated heterocycles. The number of carboxylic acids is 1. The van der Waals surface area contributed by atoms with Gasteiger partial charge in [-0.15, -0.1) is 19.0 Å². The highest BCUT2D eigenvalue weighted by atomic mass is 35.5. The van der Waals surface area contributed by atoms with Crippen LogP contribution in [0, 0.1) is 5.92 Å². The minimum atomic E-state index is -0.781. The van der Waals surface area contributed by atoms with E-state index in [1.54, 1.807) is 0 Å². The Bertz CT molecular complexity index is 751. The first-order chi connectivity index (χ1) is 11.0. The van der Waals surface area contributed by atoms with E-state index < -0.39 is 12.0 Å². The van der Waals surface area contributed by atoms with Crippen LogP contribution in [0.5, 0.6) is 0 Å².